The van der Waals surface area contributed by atoms with Crippen molar-refractivity contribution in [3.05, 3.63) is 23.2 Å². The molecule has 0 aromatic heterocycles. The van der Waals surface area contributed by atoms with Gasteiger partial charge in [-0.2, -0.15) is 4.31 Å². The minimum absolute atomic E-state index is 0.0626. The van der Waals surface area contributed by atoms with Crippen molar-refractivity contribution in [3.63, 3.8) is 0 Å². The molecule has 0 aliphatic carbocycles. The quantitative estimate of drug-likeness (QED) is 0.765. The fourth-order valence-electron chi connectivity index (χ4n) is 2.26. The Labute approximate surface area is 153 Å². The number of carbonyl (C=O) groups is 1. The van der Waals surface area contributed by atoms with Gasteiger partial charge in [0.15, 0.2) is 6.61 Å². The van der Waals surface area contributed by atoms with Gasteiger partial charge in [-0.15, -0.1) is 0 Å². The molecular formula is C16H23ClN2O5S. The molecular weight excluding hydrogens is 368 g/mol. The molecule has 1 heterocycles. The number of halogens is 1. The van der Waals surface area contributed by atoms with Crippen molar-refractivity contribution in [2.24, 2.45) is 0 Å². The van der Waals surface area contributed by atoms with E-state index in [2.05, 4.69) is 5.32 Å². The first-order chi connectivity index (χ1) is 11.8. The first-order valence-corrected chi connectivity index (χ1v) is 9.96. The van der Waals surface area contributed by atoms with Crippen molar-refractivity contribution in [2.75, 3.05) is 32.9 Å². The molecule has 0 unspecified atom stereocenters. The fraction of sp³-hybridized carbons (Fsp3) is 0.562. The van der Waals surface area contributed by atoms with Gasteiger partial charge < -0.3 is 14.8 Å². The molecule has 0 saturated carbocycles. The molecule has 1 fully saturated rings. The van der Waals surface area contributed by atoms with Crippen LogP contribution in [0.2, 0.25) is 5.02 Å². The van der Waals surface area contributed by atoms with E-state index >= 15 is 0 Å². The standard InChI is InChI=1S/C16H23ClN2O5S/c1-3-12(2)18-16(20)11-24-15-5-4-13(10-14(15)17)25(21,22)19-6-8-23-9-7-19/h4-5,10,12H,3,6-9,11H2,1-2H3,(H,18,20)/t12-/m1/s1. The Hall–Kier alpha value is -1.35. The summed E-state index contributed by atoms with van der Waals surface area (Å²) >= 11 is 6.13. The Morgan fingerprint density at radius 1 is 1.40 bits per heavy atom. The molecule has 1 N–H and O–H groups in total. The summed E-state index contributed by atoms with van der Waals surface area (Å²) in [5.41, 5.74) is 0. The van der Waals surface area contributed by atoms with Crippen LogP contribution in [0.25, 0.3) is 0 Å². The lowest BCUT2D eigenvalue weighted by molar-refractivity contribution is -0.123. The summed E-state index contributed by atoms with van der Waals surface area (Å²) in [6, 6.07) is 4.30. The Morgan fingerprint density at radius 2 is 2.08 bits per heavy atom. The van der Waals surface area contributed by atoms with Crippen molar-refractivity contribution in [3.8, 4) is 5.75 Å². The van der Waals surface area contributed by atoms with E-state index in [4.69, 9.17) is 21.1 Å². The third-order valence-corrected chi connectivity index (χ3v) is 6.08. The Morgan fingerprint density at radius 3 is 2.68 bits per heavy atom. The highest BCUT2D eigenvalue weighted by Crippen LogP contribution is 2.29. The maximum Gasteiger partial charge on any atom is 0.258 e. The van der Waals surface area contributed by atoms with Crippen molar-refractivity contribution in [2.45, 2.75) is 31.2 Å². The molecule has 7 nitrogen and oxygen atoms in total. The van der Waals surface area contributed by atoms with E-state index in [1.807, 2.05) is 13.8 Å². The highest BCUT2D eigenvalue weighted by molar-refractivity contribution is 7.89. The molecule has 1 aromatic carbocycles. The average Bonchev–Trinajstić information content (AvgIpc) is 2.61. The van der Waals surface area contributed by atoms with E-state index in [1.165, 1.54) is 22.5 Å². The van der Waals surface area contributed by atoms with Gasteiger partial charge in [-0.3, -0.25) is 4.79 Å². The zero-order valence-corrected chi connectivity index (χ0v) is 15.9. The van der Waals surface area contributed by atoms with Gasteiger partial charge in [0, 0.05) is 19.1 Å². The molecule has 0 spiro atoms. The van der Waals surface area contributed by atoms with Crippen molar-refractivity contribution in [1.82, 2.24) is 9.62 Å². The number of amides is 1. The van der Waals surface area contributed by atoms with Crippen LogP contribution in [0.15, 0.2) is 23.1 Å². The summed E-state index contributed by atoms with van der Waals surface area (Å²) < 4.78 is 37.1. The van der Waals surface area contributed by atoms with Crippen LogP contribution < -0.4 is 10.1 Å². The number of morpholine rings is 1. The van der Waals surface area contributed by atoms with Gasteiger partial charge in [0.05, 0.1) is 23.1 Å². The van der Waals surface area contributed by atoms with Gasteiger partial charge in [-0.25, -0.2) is 8.42 Å². The third-order valence-electron chi connectivity index (χ3n) is 3.89. The normalized spacial score (nSPS) is 17.1. The molecule has 1 saturated heterocycles. The maximum atomic E-state index is 12.6. The number of ether oxygens (including phenoxy) is 2. The van der Waals surface area contributed by atoms with Gasteiger partial charge in [-0.1, -0.05) is 18.5 Å². The predicted molar refractivity (Wildman–Crippen MR) is 94.4 cm³/mol. The van der Waals surface area contributed by atoms with E-state index in [1.54, 1.807) is 0 Å². The summed E-state index contributed by atoms with van der Waals surface area (Å²) in [6.45, 7) is 5.06. The molecule has 0 bridgehead atoms. The summed E-state index contributed by atoms with van der Waals surface area (Å²) in [7, 11) is -3.62. The SMILES string of the molecule is CC[C@@H](C)NC(=O)COc1ccc(S(=O)(=O)N2CCOCC2)cc1Cl. The van der Waals surface area contributed by atoms with Gasteiger partial charge in [-0.05, 0) is 31.5 Å². The van der Waals surface area contributed by atoms with E-state index < -0.39 is 10.0 Å². The number of benzene rings is 1. The van der Waals surface area contributed by atoms with Crippen LogP contribution in [0, 0.1) is 0 Å². The number of rotatable bonds is 7. The molecule has 1 aliphatic rings. The molecule has 0 radical (unpaired) electrons. The number of hydrogen-bond donors (Lipinski definition) is 1. The van der Waals surface area contributed by atoms with Crippen molar-refractivity contribution < 1.29 is 22.7 Å². The van der Waals surface area contributed by atoms with E-state index in [0.29, 0.717) is 26.3 Å². The molecule has 1 aromatic rings. The molecule has 25 heavy (non-hydrogen) atoms. The number of sulfonamides is 1. The second kappa shape index (κ2) is 8.84. The number of nitrogens with one attached hydrogen (secondary N) is 1. The lowest BCUT2D eigenvalue weighted by Crippen LogP contribution is -2.40. The average molecular weight is 391 g/mol. The second-order valence-corrected chi connectivity index (χ2v) is 8.12. The predicted octanol–water partition coefficient (Wildman–Crippen LogP) is 1.65. The summed E-state index contributed by atoms with van der Waals surface area (Å²) in [5.74, 6) is 0.0114. The van der Waals surface area contributed by atoms with E-state index in [-0.39, 0.29) is 34.2 Å². The Bertz CT molecular complexity index is 704. The van der Waals surface area contributed by atoms with Gasteiger partial charge >= 0.3 is 0 Å². The zero-order valence-electron chi connectivity index (χ0n) is 14.3. The zero-order chi connectivity index (χ0) is 18.4. The van der Waals surface area contributed by atoms with Crippen LogP contribution in [0.3, 0.4) is 0 Å². The number of carbonyl (C=O) groups excluding carboxylic acids is 1. The molecule has 1 amide bonds. The van der Waals surface area contributed by atoms with Crippen molar-refractivity contribution >= 4 is 27.5 Å². The van der Waals surface area contributed by atoms with Crippen LogP contribution in [-0.4, -0.2) is 57.6 Å². The topological polar surface area (TPSA) is 84.9 Å². The first-order valence-electron chi connectivity index (χ1n) is 8.14. The van der Waals surface area contributed by atoms with Crippen LogP contribution >= 0.6 is 11.6 Å². The monoisotopic (exact) mass is 390 g/mol. The van der Waals surface area contributed by atoms with Crippen LogP contribution in [0.1, 0.15) is 20.3 Å². The maximum absolute atomic E-state index is 12.6. The highest BCUT2D eigenvalue weighted by Gasteiger charge is 2.27. The van der Waals surface area contributed by atoms with Crippen LogP contribution in [0.5, 0.6) is 5.75 Å². The molecule has 1 aliphatic heterocycles. The smallest absolute Gasteiger partial charge is 0.258 e. The Kier molecular flexibility index (Phi) is 7.06. The highest BCUT2D eigenvalue weighted by atomic mass is 35.5. The summed E-state index contributed by atoms with van der Waals surface area (Å²) in [4.78, 5) is 11.8. The molecule has 2 rings (SSSR count). The largest absolute Gasteiger partial charge is 0.482 e. The van der Waals surface area contributed by atoms with Gasteiger partial charge in [0.25, 0.3) is 5.91 Å². The number of hydrogen-bond acceptors (Lipinski definition) is 5. The third kappa shape index (κ3) is 5.31. The van der Waals surface area contributed by atoms with E-state index in [9.17, 15) is 13.2 Å². The van der Waals surface area contributed by atoms with E-state index in [0.717, 1.165) is 6.42 Å². The van der Waals surface area contributed by atoms with Gasteiger partial charge in [0.1, 0.15) is 5.75 Å². The second-order valence-electron chi connectivity index (χ2n) is 5.77. The molecule has 1 atom stereocenters. The first kappa shape index (κ1) is 20.0. The molecule has 140 valence electrons. The lowest BCUT2D eigenvalue weighted by atomic mass is 10.2. The summed E-state index contributed by atoms with van der Waals surface area (Å²) in [5, 5.41) is 2.92. The minimum Gasteiger partial charge on any atom is -0.482 e. The van der Waals surface area contributed by atoms with Crippen LogP contribution in [-0.2, 0) is 19.6 Å². The lowest BCUT2D eigenvalue weighted by Gasteiger charge is -2.26. The van der Waals surface area contributed by atoms with Crippen LogP contribution in [0.4, 0.5) is 0 Å². The minimum atomic E-state index is -3.62. The fourth-order valence-corrected chi connectivity index (χ4v) is 3.99. The summed E-state index contributed by atoms with van der Waals surface area (Å²) in [6.07, 6.45) is 0.820. The van der Waals surface area contributed by atoms with Crippen molar-refractivity contribution in [1.29, 1.82) is 0 Å². The number of nitrogens with zero attached hydrogens (tertiary/aromatic N) is 1. The Balaban J connectivity index is 2.03. The van der Waals surface area contributed by atoms with Gasteiger partial charge in [0.2, 0.25) is 10.0 Å². The molecule has 9 heteroatoms.